The van der Waals surface area contributed by atoms with Crippen LogP contribution in [0.2, 0.25) is 5.02 Å². The third kappa shape index (κ3) is 3.91. The molecular weight excluding hydrogens is 454 g/mol. The number of aromatic nitrogens is 4. The quantitative estimate of drug-likeness (QED) is 0.584. The van der Waals surface area contributed by atoms with E-state index in [9.17, 15) is 10.4 Å². The highest BCUT2D eigenvalue weighted by molar-refractivity contribution is 6.32. The minimum atomic E-state index is -0.458. The van der Waals surface area contributed by atoms with Crippen LogP contribution in [0.15, 0.2) is 18.3 Å². The van der Waals surface area contributed by atoms with Crippen molar-refractivity contribution in [3.63, 3.8) is 0 Å². The van der Waals surface area contributed by atoms with Gasteiger partial charge < -0.3 is 15.2 Å². The van der Waals surface area contributed by atoms with Gasteiger partial charge in [-0.05, 0) is 63.4 Å². The normalized spacial score (nSPS) is 23.9. The van der Waals surface area contributed by atoms with E-state index in [1.807, 2.05) is 6.07 Å². The first-order valence-corrected chi connectivity index (χ1v) is 11.9. The third-order valence-electron chi connectivity index (χ3n) is 7.31. The number of nitriles is 1. The molecule has 4 heterocycles. The van der Waals surface area contributed by atoms with Crippen LogP contribution in [0.3, 0.4) is 0 Å². The molecule has 0 unspecified atom stereocenters. The molecule has 2 fully saturated rings. The number of fused-ring (bicyclic) bond motifs is 1. The summed E-state index contributed by atoms with van der Waals surface area (Å²) in [7, 11) is 1.78. The van der Waals surface area contributed by atoms with Gasteiger partial charge in [0.2, 0.25) is 5.95 Å². The van der Waals surface area contributed by atoms with Crippen molar-refractivity contribution in [1.29, 1.82) is 5.26 Å². The molecule has 178 valence electrons. The summed E-state index contributed by atoms with van der Waals surface area (Å²) in [5.74, 6) is 1.28. The summed E-state index contributed by atoms with van der Waals surface area (Å²) < 4.78 is 7.15. The molecule has 5 rings (SSSR count). The Morgan fingerprint density at radius 2 is 2.09 bits per heavy atom. The van der Waals surface area contributed by atoms with Crippen LogP contribution < -0.4 is 5.32 Å². The molecule has 2 atom stereocenters. The van der Waals surface area contributed by atoms with Crippen molar-refractivity contribution in [2.45, 2.75) is 44.2 Å². The fraction of sp³-hybridized carbons (Fsp3) is 0.500. The first-order chi connectivity index (χ1) is 16.3. The van der Waals surface area contributed by atoms with E-state index in [1.54, 1.807) is 24.9 Å². The Hall–Kier alpha value is -2.77. The molecule has 0 aliphatic carbocycles. The zero-order valence-corrected chi connectivity index (χ0v) is 20.3. The summed E-state index contributed by atoms with van der Waals surface area (Å²) >= 11 is 6.69. The second-order valence-electron chi connectivity index (χ2n) is 9.44. The maximum Gasteiger partial charge on any atom is 0.228 e. The summed E-state index contributed by atoms with van der Waals surface area (Å²) in [6.07, 6.45) is 3.17. The predicted octanol–water partition coefficient (Wildman–Crippen LogP) is 3.27. The molecular formula is C24H28ClN7O2. The van der Waals surface area contributed by atoms with Crippen LogP contribution in [0.1, 0.15) is 42.5 Å². The first-order valence-electron chi connectivity index (χ1n) is 11.5. The molecule has 1 aromatic carbocycles. The minimum Gasteiger partial charge on any atom is -0.389 e. The Balaban J connectivity index is 1.38. The highest BCUT2D eigenvalue weighted by atomic mass is 35.5. The molecule has 0 amide bonds. The molecule has 0 bridgehead atoms. The van der Waals surface area contributed by atoms with Crippen LogP contribution in [0.25, 0.3) is 10.9 Å². The maximum absolute atomic E-state index is 10.4. The number of likely N-dealkylation sites (tertiary alicyclic amines) is 1. The average Bonchev–Trinajstić information content (AvgIpc) is 3.31. The SMILES string of the molecule is Cc1nn(C)c(Nc2ncc3cc(Cl)c(C4CCN([C@@]5(C)COC[C@H]5O)CC4)cc3n2)c1C#N. The molecule has 10 heteroatoms. The number of anilines is 2. The van der Waals surface area contributed by atoms with Gasteiger partial charge in [0.05, 0.1) is 36.1 Å². The van der Waals surface area contributed by atoms with E-state index in [-0.39, 0.29) is 5.54 Å². The summed E-state index contributed by atoms with van der Waals surface area (Å²) in [5, 5.41) is 28.9. The van der Waals surface area contributed by atoms with Gasteiger partial charge in [-0.15, -0.1) is 0 Å². The van der Waals surface area contributed by atoms with Crippen molar-refractivity contribution in [1.82, 2.24) is 24.6 Å². The maximum atomic E-state index is 10.4. The number of benzene rings is 1. The Bertz CT molecular complexity index is 1280. The van der Waals surface area contributed by atoms with Crippen molar-refractivity contribution in [3.8, 4) is 6.07 Å². The molecule has 0 radical (unpaired) electrons. The number of nitrogens with zero attached hydrogens (tertiary/aromatic N) is 6. The molecule has 34 heavy (non-hydrogen) atoms. The molecule has 0 saturated carbocycles. The first kappa shape index (κ1) is 23.0. The minimum absolute atomic E-state index is 0.313. The summed E-state index contributed by atoms with van der Waals surface area (Å²) in [6.45, 7) is 6.60. The van der Waals surface area contributed by atoms with Gasteiger partial charge in [0.15, 0.2) is 0 Å². The van der Waals surface area contributed by atoms with Crippen molar-refractivity contribution in [2.24, 2.45) is 7.05 Å². The van der Waals surface area contributed by atoms with Crippen LogP contribution >= 0.6 is 11.6 Å². The van der Waals surface area contributed by atoms with Crippen molar-refractivity contribution in [2.75, 3.05) is 31.6 Å². The predicted molar refractivity (Wildman–Crippen MR) is 129 cm³/mol. The smallest absolute Gasteiger partial charge is 0.228 e. The standard InChI is InChI=1S/C24H28ClN7O2/c1-14-18(10-26)22(31(3)30-14)29-23-27-11-16-8-19(25)17(9-20(16)28-23)15-4-6-32(7-5-15)24(2)13-34-12-21(24)33/h8-9,11,15,21,33H,4-7,12-13H2,1-3H3,(H,27,28,29)/t21-,24+/m1/s1. The lowest BCUT2D eigenvalue weighted by atomic mass is 9.85. The third-order valence-corrected chi connectivity index (χ3v) is 7.63. The van der Waals surface area contributed by atoms with Gasteiger partial charge in [-0.3, -0.25) is 9.58 Å². The fourth-order valence-corrected chi connectivity index (χ4v) is 5.46. The number of nitrogens with one attached hydrogen (secondary N) is 1. The van der Waals surface area contributed by atoms with Crippen LogP contribution in [0, 0.1) is 18.3 Å². The summed E-state index contributed by atoms with van der Waals surface area (Å²) in [5.41, 5.74) is 2.68. The molecule has 2 aliphatic rings. The van der Waals surface area contributed by atoms with E-state index in [1.165, 1.54) is 0 Å². The molecule has 3 aromatic rings. The largest absolute Gasteiger partial charge is 0.389 e. The molecule has 2 aliphatic heterocycles. The van der Waals surface area contributed by atoms with Crippen molar-refractivity contribution >= 4 is 34.3 Å². The van der Waals surface area contributed by atoms with E-state index in [2.05, 4.69) is 39.4 Å². The monoisotopic (exact) mass is 481 g/mol. The number of aryl methyl sites for hydroxylation is 2. The van der Waals surface area contributed by atoms with E-state index in [0.717, 1.165) is 47.4 Å². The lowest BCUT2D eigenvalue weighted by Crippen LogP contribution is -2.56. The second-order valence-corrected chi connectivity index (χ2v) is 9.85. The Morgan fingerprint density at radius 1 is 1.32 bits per heavy atom. The van der Waals surface area contributed by atoms with Gasteiger partial charge in [0.1, 0.15) is 17.5 Å². The molecule has 9 nitrogen and oxygen atoms in total. The number of piperidine rings is 1. The van der Waals surface area contributed by atoms with Crippen LogP contribution in [0.5, 0.6) is 0 Å². The average molecular weight is 482 g/mol. The number of aliphatic hydroxyl groups is 1. The van der Waals surface area contributed by atoms with Gasteiger partial charge in [-0.1, -0.05) is 11.6 Å². The van der Waals surface area contributed by atoms with Gasteiger partial charge in [-0.25, -0.2) is 9.97 Å². The highest BCUT2D eigenvalue weighted by Gasteiger charge is 2.45. The van der Waals surface area contributed by atoms with E-state index in [0.29, 0.717) is 42.2 Å². The number of hydrogen-bond donors (Lipinski definition) is 2. The summed E-state index contributed by atoms with van der Waals surface area (Å²) in [4.78, 5) is 11.5. The number of halogens is 1. The van der Waals surface area contributed by atoms with Crippen LogP contribution in [-0.2, 0) is 11.8 Å². The van der Waals surface area contributed by atoms with Crippen molar-refractivity contribution < 1.29 is 9.84 Å². The zero-order chi connectivity index (χ0) is 24.0. The Labute approximate surface area is 203 Å². The van der Waals surface area contributed by atoms with E-state index < -0.39 is 6.10 Å². The lowest BCUT2D eigenvalue weighted by Gasteiger charge is -2.43. The molecule has 2 saturated heterocycles. The van der Waals surface area contributed by atoms with Gasteiger partial charge >= 0.3 is 0 Å². The number of aliphatic hydroxyl groups excluding tert-OH is 1. The van der Waals surface area contributed by atoms with Crippen LogP contribution in [0.4, 0.5) is 11.8 Å². The number of rotatable bonds is 4. The molecule has 2 N–H and O–H groups in total. The number of hydrogen-bond acceptors (Lipinski definition) is 8. The van der Waals surface area contributed by atoms with Gasteiger partial charge in [-0.2, -0.15) is 10.4 Å². The van der Waals surface area contributed by atoms with E-state index in [4.69, 9.17) is 21.3 Å². The van der Waals surface area contributed by atoms with Gasteiger partial charge in [0, 0.05) is 23.7 Å². The highest BCUT2D eigenvalue weighted by Crippen LogP contribution is 2.38. The van der Waals surface area contributed by atoms with Crippen molar-refractivity contribution in [3.05, 3.63) is 40.2 Å². The lowest BCUT2D eigenvalue weighted by molar-refractivity contribution is -0.00211. The summed E-state index contributed by atoms with van der Waals surface area (Å²) in [6, 6.07) is 6.16. The Kier molecular flexibility index (Phi) is 5.94. The number of ether oxygens (including phenoxy) is 1. The Morgan fingerprint density at radius 3 is 2.76 bits per heavy atom. The van der Waals surface area contributed by atoms with Crippen LogP contribution in [-0.4, -0.2) is 67.7 Å². The zero-order valence-electron chi connectivity index (χ0n) is 19.5. The fourth-order valence-electron chi connectivity index (χ4n) is 5.14. The van der Waals surface area contributed by atoms with E-state index >= 15 is 0 Å². The molecule has 0 spiro atoms. The molecule has 2 aromatic heterocycles. The topological polar surface area (TPSA) is 112 Å². The second kappa shape index (κ2) is 8.78. The van der Waals surface area contributed by atoms with Gasteiger partial charge in [0.25, 0.3) is 0 Å².